The van der Waals surface area contributed by atoms with Crippen molar-refractivity contribution in [3.8, 4) is 55.6 Å². The van der Waals surface area contributed by atoms with Crippen molar-refractivity contribution in [2.75, 3.05) is 0 Å². The summed E-state index contributed by atoms with van der Waals surface area (Å²) >= 11 is 7.50. The third-order valence-corrected chi connectivity index (χ3v) is 17.7. The molecule has 0 aliphatic rings. The molecule has 14 rings (SSSR count). The number of fused-ring (bicyclic) bond motifs is 12. The summed E-state index contributed by atoms with van der Waals surface area (Å²) in [6.45, 7) is 0. The molecule has 0 fully saturated rings. The van der Waals surface area contributed by atoms with E-state index in [0.29, 0.717) is 0 Å². The Morgan fingerprint density at radius 2 is 0.391 bits per heavy atom. The van der Waals surface area contributed by atoms with Crippen molar-refractivity contribution in [3.05, 3.63) is 206 Å². The molecule has 0 saturated carbocycles. The fourth-order valence-electron chi connectivity index (χ4n) is 9.86. The molecule has 0 amide bonds. The first-order valence-corrected chi connectivity index (χ1v) is 24.9. The van der Waals surface area contributed by atoms with Gasteiger partial charge >= 0.3 is 0 Å². The highest BCUT2D eigenvalue weighted by atomic mass is 32.1. The van der Waals surface area contributed by atoms with Crippen molar-refractivity contribution >= 4 is 126 Å². The van der Waals surface area contributed by atoms with Crippen LogP contribution in [0.3, 0.4) is 0 Å². The highest BCUT2D eigenvalue weighted by Crippen LogP contribution is 2.44. The molecule has 4 heteroatoms. The van der Waals surface area contributed by atoms with E-state index in [-0.39, 0.29) is 0 Å². The summed E-state index contributed by atoms with van der Waals surface area (Å²) in [5.41, 5.74) is 12.3. The van der Waals surface area contributed by atoms with E-state index in [1.54, 1.807) is 0 Å². The lowest BCUT2D eigenvalue weighted by molar-refractivity contribution is 1.58. The normalized spacial score (nSPS) is 12.1. The zero-order valence-corrected chi connectivity index (χ0v) is 37.5. The second-order valence-corrected chi connectivity index (χ2v) is 21.2. The number of thiophene rings is 4. The molecule has 0 N–H and O–H groups in total. The van der Waals surface area contributed by atoms with Crippen LogP contribution < -0.4 is 0 Å². The Morgan fingerprint density at radius 1 is 0.156 bits per heavy atom. The molecule has 0 aliphatic heterocycles. The molecule has 0 unspecified atom stereocenters. The summed E-state index contributed by atoms with van der Waals surface area (Å²) in [4.78, 5) is 0. The lowest BCUT2D eigenvalue weighted by atomic mass is 9.91. The molecule has 0 radical (unpaired) electrons. The molecule has 0 bridgehead atoms. The minimum Gasteiger partial charge on any atom is -0.135 e. The number of rotatable bonds is 5. The lowest BCUT2D eigenvalue weighted by Gasteiger charge is -2.13. The van der Waals surface area contributed by atoms with Gasteiger partial charge in [0.15, 0.2) is 0 Å². The van der Waals surface area contributed by atoms with Crippen LogP contribution in [0.1, 0.15) is 0 Å². The molecule has 0 saturated heterocycles. The molecule has 64 heavy (non-hydrogen) atoms. The summed E-state index contributed by atoms with van der Waals surface area (Å²) in [5.74, 6) is 0. The van der Waals surface area contributed by atoms with E-state index >= 15 is 0 Å². The minimum atomic E-state index is 1.21. The Morgan fingerprint density at radius 3 is 0.734 bits per heavy atom. The van der Waals surface area contributed by atoms with Crippen LogP contribution in [0.4, 0.5) is 0 Å². The molecule has 0 aliphatic carbocycles. The van der Waals surface area contributed by atoms with Crippen LogP contribution in [0.25, 0.3) is 136 Å². The number of hydrogen-bond donors (Lipinski definition) is 0. The van der Waals surface area contributed by atoms with Crippen LogP contribution in [-0.4, -0.2) is 0 Å². The molecular formula is C60H34S4. The SMILES string of the molecule is c1cc(-c2cc(-c3ccc4sc5ccccc5c4c3)cc(-c3ccc4sc5ccccc5c4c3)c2)cc(-c2ccc3sc4ccc(-c5ccc6sc7ccccc7c6c5)cc4c3c2)c1. The molecule has 14 aromatic rings. The predicted octanol–water partition coefficient (Wildman–Crippen LogP) is 19.5. The van der Waals surface area contributed by atoms with E-state index in [4.69, 9.17) is 0 Å². The third-order valence-electron chi connectivity index (χ3n) is 13.1. The summed E-state index contributed by atoms with van der Waals surface area (Å²) in [6.07, 6.45) is 0. The molecule has 0 nitrogen and oxygen atoms in total. The first kappa shape index (κ1) is 36.6. The average molecular weight is 883 g/mol. The maximum atomic E-state index is 2.41. The van der Waals surface area contributed by atoms with E-state index in [9.17, 15) is 0 Å². The van der Waals surface area contributed by atoms with Gasteiger partial charge in [0.2, 0.25) is 0 Å². The Balaban J connectivity index is 0.891. The van der Waals surface area contributed by atoms with Gasteiger partial charge in [-0.3, -0.25) is 0 Å². The van der Waals surface area contributed by atoms with Crippen molar-refractivity contribution in [2.45, 2.75) is 0 Å². The first-order valence-electron chi connectivity index (χ1n) is 21.6. The maximum absolute atomic E-state index is 2.41. The van der Waals surface area contributed by atoms with Crippen molar-refractivity contribution in [1.82, 2.24) is 0 Å². The highest BCUT2D eigenvalue weighted by Gasteiger charge is 2.15. The summed E-state index contributed by atoms with van der Waals surface area (Å²) in [7, 11) is 0. The van der Waals surface area contributed by atoms with E-state index < -0.39 is 0 Å². The van der Waals surface area contributed by atoms with Gasteiger partial charge in [-0.1, -0.05) is 103 Å². The zero-order valence-electron chi connectivity index (χ0n) is 34.3. The van der Waals surface area contributed by atoms with Crippen LogP contribution in [0.2, 0.25) is 0 Å². The van der Waals surface area contributed by atoms with Crippen molar-refractivity contribution in [1.29, 1.82) is 0 Å². The number of hydrogen-bond acceptors (Lipinski definition) is 4. The molecule has 0 spiro atoms. The van der Waals surface area contributed by atoms with Gasteiger partial charge in [-0.25, -0.2) is 0 Å². The minimum absolute atomic E-state index is 1.21. The van der Waals surface area contributed by atoms with Gasteiger partial charge in [0.1, 0.15) is 0 Å². The van der Waals surface area contributed by atoms with E-state index in [1.807, 2.05) is 45.3 Å². The molecule has 298 valence electrons. The average Bonchev–Trinajstić information content (AvgIpc) is 4.13. The summed E-state index contributed by atoms with van der Waals surface area (Å²) < 4.78 is 10.6. The Labute approximate surface area is 385 Å². The molecule has 4 aromatic heterocycles. The van der Waals surface area contributed by atoms with Gasteiger partial charge < -0.3 is 0 Å². The van der Waals surface area contributed by atoms with Crippen LogP contribution in [0.15, 0.2) is 206 Å². The maximum Gasteiger partial charge on any atom is 0.0355 e. The van der Waals surface area contributed by atoms with Gasteiger partial charge in [-0.05, 0) is 159 Å². The van der Waals surface area contributed by atoms with E-state index in [1.165, 1.54) is 136 Å². The summed E-state index contributed by atoms with van der Waals surface area (Å²) in [6, 6.07) is 77.7. The van der Waals surface area contributed by atoms with Gasteiger partial charge in [-0.2, -0.15) is 0 Å². The van der Waals surface area contributed by atoms with Gasteiger partial charge in [0.05, 0.1) is 0 Å². The van der Waals surface area contributed by atoms with E-state index in [0.717, 1.165) is 0 Å². The van der Waals surface area contributed by atoms with Crippen LogP contribution >= 0.6 is 45.3 Å². The van der Waals surface area contributed by atoms with Crippen molar-refractivity contribution in [2.24, 2.45) is 0 Å². The monoisotopic (exact) mass is 882 g/mol. The standard InChI is InChI=1S/C60H34S4/c1-4-13-53-45(10-1)48-30-38(17-21-56(48)61-53)39-18-23-60-52(32-39)51-31-37(16-22-59(51)64-60)35-8-7-9-36(26-35)42-27-43(40-19-24-57-49(33-40)46-11-2-5-14-54(46)62-57)29-44(28-42)41-20-25-58-50(34-41)47-12-3-6-15-55(47)63-58/h1-34H. The Kier molecular flexibility index (Phi) is 8.17. The molecule has 0 atom stereocenters. The molecule has 10 aromatic carbocycles. The summed E-state index contributed by atoms with van der Waals surface area (Å²) in [5, 5.41) is 10.6. The third kappa shape index (κ3) is 5.91. The molecular weight excluding hydrogens is 849 g/mol. The zero-order chi connectivity index (χ0) is 41.9. The molecule has 4 heterocycles. The Bertz CT molecular complexity index is 4080. The second kappa shape index (κ2) is 14.3. The topological polar surface area (TPSA) is 0 Å². The quantitative estimate of drug-likeness (QED) is 0.162. The van der Waals surface area contributed by atoms with Crippen molar-refractivity contribution < 1.29 is 0 Å². The van der Waals surface area contributed by atoms with Crippen LogP contribution in [0, 0.1) is 0 Å². The Hall–Kier alpha value is -6.92. The van der Waals surface area contributed by atoms with Crippen LogP contribution in [-0.2, 0) is 0 Å². The predicted molar refractivity (Wildman–Crippen MR) is 285 cm³/mol. The first-order chi connectivity index (χ1) is 31.6. The highest BCUT2D eigenvalue weighted by molar-refractivity contribution is 7.27. The second-order valence-electron chi connectivity index (χ2n) is 16.8. The fraction of sp³-hybridized carbons (Fsp3) is 0. The number of benzene rings is 10. The van der Waals surface area contributed by atoms with Gasteiger partial charge in [0.25, 0.3) is 0 Å². The largest absolute Gasteiger partial charge is 0.135 e. The fourth-order valence-corrected chi connectivity index (χ4v) is 14.2. The van der Waals surface area contributed by atoms with Crippen molar-refractivity contribution in [3.63, 3.8) is 0 Å². The van der Waals surface area contributed by atoms with Crippen LogP contribution in [0.5, 0.6) is 0 Å². The van der Waals surface area contributed by atoms with E-state index in [2.05, 4.69) is 206 Å². The van der Waals surface area contributed by atoms with Gasteiger partial charge in [0, 0.05) is 80.7 Å². The van der Waals surface area contributed by atoms with Gasteiger partial charge in [-0.15, -0.1) is 45.3 Å². The smallest absolute Gasteiger partial charge is 0.0355 e. The lowest BCUT2D eigenvalue weighted by Crippen LogP contribution is -1.87.